The van der Waals surface area contributed by atoms with Crippen LogP contribution in [-0.2, 0) is 0 Å². The number of carbonyl (C=O) groups excluding carboxylic acids is 1. The number of rotatable bonds is 2. The number of thiocarbonyl (C=S) groups is 1. The van der Waals surface area contributed by atoms with Crippen LogP contribution in [0.2, 0.25) is 5.02 Å². The summed E-state index contributed by atoms with van der Waals surface area (Å²) >= 11 is 10.8. The fourth-order valence-electron chi connectivity index (χ4n) is 1.60. The van der Waals surface area contributed by atoms with E-state index in [-0.39, 0.29) is 17.0 Å². The monoisotopic (exact) mass is 347 g/mol. The maximum Gasteiger partial charge on any atom is 0.257 e. The molecule has 6 nitrogen and oxygen atoms in total. The number of hydrogen-bond donors (Lipinski definition) is 4. The molecule has 0 spiro atoms. The first kappa shape index (κ1) is 16.7. The summed E-state index contributed by atoms with van der Waals surface area (Å²) in [5.41, 5.74) is 12.0. The number of para-hydroxylation sites is 1. The highest BCUT2D eigenvalue weighted by molar-refractivity contribution is 7.80. The molecule has 0 saturated heterocycles. The van der Waals surface area contributed by atoms with Crippen LogP contribution in [0.15, 0.2) is 59.6 Å². The Hall–Kier alpha value is -2.64. The van der Waals surface area contributed by atoms with Crippen molar-refractivity contribution in [1.82, 2.24) is 16.2 Å². The first-order chi connectivity index (χ1) is 11.0. The SMILES string of the molecule is NC(=Nc1ccccc1)NNC(=S)NC(=O)c1ccc(Cl)cc1. The van der Waals surface area contributed by atoms with E-state index in [9.17, 15) is 4.79 Å². The van der Waals surface area contributed by atoms with E-state index in [1.807, 2.05) is 18.2 Å². The van der Waals surface area contributed by atoms with Crippen LogP contribution >= 0.6 is 23.8 Å². The number of hydrazine groups is 1. The Morgan fingerprint density at radius 2 is 1.70 bits per heavy atom. The summed E-state index contributed by atoms with van der Waals surface area (Å²) in [6.07, 6.45) is 0. The van der Waals surface area contributed by atoms with E-state index in [0.717, 1.165) is 0 Å². The van der Waals surface area contributed by atoms with Crippen molar-refractivity contribution >= 4 is 46.5 Å². The Morgan fingerprint density at radius 3 is 2.35 bits per heavy atom. The highest BCUT2D eigenvalue weighted by Gasteiger charge is 2.07. The number of nitrogens with one attached hydrogen (secondary N) is 3. The molecule has 23 heavy (non-hydrogen) atoms. The van der Waals surface area contributed by atoms with Crippen LogP contribution in [0.5, 0.6) is 0 Å². The summed E-state index contributed by atoms with van der Waals surface area (Å²) in [7, 11) is 0. The summed E-state index contributed by atoms with van der Waals surface area (Å²) < 4.78 is 0. The van der Waals surface area contributed by atoms with Crippen molar-refractivity contribution in [2.75, 3.05) is 0 Å². The molecule has 1 amide bonds. The molecule has 5 N–H and O–H groups in total. The molecule has 2 aromatic rings. The van der Waals surface area contributed by atoms with E-state index >= 15 is 0 Å². The number of hydrogen-bond acceptors (Lipinski definition) is 3. The molecular weight excluding hydrogens is 334 g/mol. The summed E-state index contributed by atoms with van der Waals surface area (Å²) in [5.74, 6) is -0.251. The van der Waals surface area contributed by atoms with Gasteiger partial charge in [-0.3, -0.25) is 21.0 Å². The number of halogens is 1. The van der Waals surface area contributed by atoms with E-state index in [2.05, 4.69) is 21.2 Å². The minimum atomic E-state index is -0.362. The topological polar surface area (TPSA) is 91.5 Å². The van der Waals surface area contributed by atoms with Gasteiger partial charge in [-0.2, -0.15) is 0 Å². The molecule has 2 aromatic carbocycles. The molecular formula is C15H14ClN5OS. The molecule has 0 radical (unpaired) electrons. The van der Waals surface area contributed by atoms with E-state index in [1.165, 1.54) is 0 Å². The first-order valence-corrected chi connectivity index (χ1v) is 7.35. The lowest BCUT2D eigenvalue weighted by atomic mass is 10.2. The van der Waals surface area contributed by atoms with Gasteiger partial charge in [0.1, 0.15) is 0 Å². The molecule has 0 atom stereocenters. The summed E-state index contributed by atoms with van der Waals surface area (Å²) in [6.45, 7) is 0. The van der Waals surface area contributed by atoms with Crippen molar-refractivity contribution in [3.63, 3.8) is 0 Å². The van der Waals surface area contributed by atoms with Gasteiger partial charge in [-0.15, -0.1) is 0 Å². The minimum Gasteiger partial charge on any atom is -0.368 e. The van der Waals surface area contributed by atoms with E-state index < -0.39 is 0 Å². The fourth-order valence-corrected chi connectivity index (χ4v) is 1.87. The lowest BCUT2D eigenvalue weighted by Crippen LogP contribution is -2.50. The van der Waals surface area contributed by atoms with Gasteiger partial charge in [0.2, 0.25) is 5.96 Å². The Kier molecular flexibility index (Phi) is 5.90. The molecule has 0 aliphatic heterocycles. The van der Waals surface area contributed by atoms with Gasteiger partial charge >= 0.3 is 0 Å². The molecule has 0 aromatic heterocycles. The van der Waals surface area contributed by atoms with Crippen LogP contribution in [0.4, 0.5) is 5.69 Å². The number of aliphatic imine (C=N–C) groups is 1. The maximum absolute atomic E-state index is 11.9. The molecule has 8 heteroatoms. The third-order valence-electron chi connectivity index (χ3n) is 2.64. The second kappa shape index (κ2) is 8.11. The average molecular weight is 348 g/mol. The Labute approximate surface area is 143 Å². The molecule has 0 fully saturated rings. The zero-order valence-corrected chi connectivity index (χ0v) is 13.5. The van der Waals surface area contributed by atoms with Crippen LogP contribution < -0.4 is 21.9 Å². The highest BCUT2D eigenvalue weighted by atomic mass is 35.5. The van der Waals surface area contributed by atoms with Gasteiger partial charge in [-0.25, -0.2) is 4.99 Å². The number of nitrogens with zero attached hydrogens (tertiary/aromatic N) is 1. The van der Waals surface area contributed by atoms with Crippen LogP contribution in [0.3, 0.4) is 0 Å². The normalized spacial score (nSPS) is 10.7. The lowest BCUT2D eigenvalue weighted by Gasteiger charge is -2.11. The quantitative estimate of drug-likeness (QED) is 0.289. The van der Waals surface area contributed by atoms with Crippen molar-refractivity contribution < 1.29 is 4.79 Å². The first-order valence-electron chi connectivity index (χ1n) is 6.57. The van der Waals surface area contributed by atoms with Crippen LogP contribution in [0.25, 0.3) is 0 Å². The Bertz CT molecular complexity index is 718. The number of nitrogens with two attached hydrogens (primary N) is 1. The number of benzene rings is 2. The summed E-state index contributed by atoms with van der Waals surface area (Å²) in [4.78, 5) is 16.0. The molecule has 0 bridgehead atoms. The predicted molar refractivity (Wildman–Crippen MR) is 95.5 cm³/mol. The van der Waals surface area contributed by atoms with Crippen LogP contribution in [0, 0.1) is 0 Å². The largest absolute Gasteiger partial charge is 0.368 e. The van der Waals surface area contributed by atoms with Crippen LogP contribution in [-0.4, -0.2) is 17.0 Å². The smallest absolute Gasteiger partial charge is 0.257 e. The van der Waals surface area contributed by atoms with Gasteiger partial charge < -0.3 is 5.73 Å². The standard InChI is InChI=1S/C15H14ClN5OS/c16-11-8-6-10(7-9-11)13(22)19-15(23)21-20-14(17)18-12-4-2-1-3-5-12/h1-9H,(H3,17,18,20)(H2,19,21,22,23). The van der Waals surface area contributed by atoms with Crippen molar-refractivity contribution in [3.8, 4) is 0 Å². The molecule has 0 saturated carbocycles. The molecule has 118 valence electrons. The number of amides is 1. The van der Waals surface area contributed by atoms with E-state index in [4.69, 9.17) is 29.6 Å². The fraction of sp³-hybridized carbons (Fsp3) is 0. The number of guanidine groups is 1. The number of carbonyl (C=O) groups is 1. The minimum absolute atomic E-state index is 0.0659. The van der Waals surface area contributed by atoms with Gasteiger partial charge in [-0.1, -0.05) is 29.8 Å². The van der Waals surface area contributed by atoms with E-state index in [1.54, 1.807) is 36.4 Å². The molecule has 0 heterocycles. The van der Waals surface area contributed by atoms with Gasteiger partial charge in [0, 0.05) is 10.6 Å². The Morgan fingerprint density at radius 1 is 1.04 bits per heavy atom. The Balaban J connectivity index is 1.84. The molecule has 2 rings (SSSR count). The van der Waals surface area contributed by atoms with Crippen molar-refractivity contribution in [3.05, 3.63) is 65.2 Å². The van der Waals surface area contributed by atoms with Crippen molar-refractivity contribution in [1.29, 1.82) is 0 Å². The van der Waals surface area contributed by atoms with Gasteiger partial charge in [0.05, 0.1) is 5.69 Å². The second-order valence-electron chi connectivity index (χ2n) is 4.37. The van der Waals surface area contributed by atoms with Crippen molar-refractivity contribution in [2.45, 2.75) is 0 Å². The van der Waals surface area contributed by atoms with Gasteiger partial charge in [0.15, 0.2) is 5.11 Å². The molecule has 0 unspecified atom stereocenters. The van der Waals surface area contributed by atoms with Gasteiger partial charge in [0.25, 0.3) is 5.91 Å². The zero-order chi connectivity index (χ0) is 16.7. The zero-order valence-electron chi connectivity index (χ0n) is 11.9. The van der Waals surface area contributed by atoms with Crippen molar-refractivity contribution in [2.24, 2.45) is 10.7 Å². The maximum atomic E-state index is 11.9. The van der Waals surface area contributed by atoms with Crippen LogP contribution in [0.1, 0.15) is 10.4 Å². The third kappa shape index (κ3) is 5.57. The summed E-state index contributed by atoms with van der Waals surface area (Å²) in [5, 5.41) is 3.12. The molecule has 0 aliphatic rings. The third-order valence-corrected chi connectivity index (χ3v) is 3.10. The lowest BCUT2D eigenvalue weighted by molar-refractivity contribution is 0.0976. The average Bonchev–Trinajstić information content (AvgIpc) is 2.54. The van der Waals surface area contributed by atoms with E-state index in [0.29, 0.717) is 16.3 Å². The second-order valence-corrected chi connectivity index (χ2v) is 5.22. The summed E-state index contributed by atoms with van der Waals surface area (Å²) in [6, 6.07) is 15.6. The molecule has 0 aliphatic carbocycles. The highest BCUT2D eigenvalue weighted by Crippen LogP contribution is 2.09. The predicted octanol–water partition coefficient (Wildman–Crippen LogP) is 2.10. The van der Waals surface area contributed by atoms with Gasteiger partial charge in [-0.05, 0) is 48.6 Å².